The predicted octanol–water partition coefficient (Wildman–Crippen LogP) is 1.83. The van der Waals surface area contributed by atoms with Gasteiger partial charge in [-0.1, -0.05) is 0 Å². The Labute approximate surface area is 89.3 Å². The molecule has 0 amide bonds. The molecule has 1 aromatic heterocycles. The van der Waals surface area contributed by atoms with Crippen molar-refractivity contribution in [2.45, 2.75) is 38.3 Å². The van der Waals surface area contributed by atoms with E-state index in [4.69, 9.17) is 4.74 Å². The van der Waals surface area contributed by atoms with Crippen molar-refractivity contribution in [3.63, 3.8) is 0 Å². The van der Waals surface area contributed by atoms with Crippen molar-refractivity contribution in [3.05, 3.63) is 18.2 Å². The number of aromatic nitrogens is 2. The highest BCUT2D eigenvalue weighted by atomic mass is 16.5. The number of imidazole rings is 1. The number of ether oxygens (including phenoxy) is 1. The van der Waals surface area contributed by atoms with Gasteiger partial charge in [-0.3, -0.25) is 4.79 Å². The molecule has 4 heteroatoms. The summed E-state index contributed by atoms with van der Waals surface area (Å²) in [5, 5.41) is 0. The minimum atomic E-state index is -0.104. The largest absolute Gasteiger partial charge is 0.375 e. The fourth-order valence-corrected chi connectivity index (χ4v) is 2.15. The zero-order valence-electron chi connectivity index (χ0n) is 9.14. The zero-order valence-corrected chi connectivity index (χ0v) is 9.14. The van der Waals surface area contributed by atoms with Crippen LogP contribution >= 0.6 is 0 Å². The van der Waals surface area contributed by atoms with Gasteiger partial charge in [0.25, 0.3) is 0 Å². The summed E-state index contributed by atoms with van der Waals surface area (Å²) in [7, 11) is 0. The lowest BCUT2D eigenvalue weighted by atomic mass is 9.94. The Balaban J connectivity index is 2.20. The molecule has 4 nitrogen and oxygen atoms in total. The summed E-state index contributed by atoms with van der Waals surface area (Å²) >= 11 is 0. The number of carbonyl (C=O) groups excluding carboxylic acids is 1. The SMILES string of the molecule is CC1(C)CC(n2cncc2C=O)CCO1. The van der Waals surface area contributed by atoms with Gasteiger partial charge in [0.05, 0.1) is 18.1 Å². The van der Waals surface area contributed by atoms with E-state index in [2.05, 4.69) is 18.8 Å². The highest BCUT2D eigenvalue weighted by Crippen LogP contribution is 2.32. The van der Waals surface area contributed by atoms with Crippen molar-refractivity contribution in [1.82, 2.24) is 9.55 Å². The smallest absolute Gasteiger partial charge is 0.168 e. The second kappa shape index (κ2) is 3.77. The van der Waals surface area contributed by atoms with Crippen LogP contribution in [0.25, 0.3) is 0 Å². The Morgan fingerprint density at radius 1 is 1.67 bits per heavy atom. The predicted molar refractivity (Wildman–Crippen MR) is 55.9 cm³/mol. The van der Waals surface area contributed by atoms with E-state index >= 15 is 0 Å². The highest BCUT2D eigenvalue weighted by molar-refractivity contribution is 5.71. The van der Waals surface area contributed by atoms with Gasteiger partial charge in [0.15, 0.2) is 6.29 Å². The maximum Gasteiger partial charge on any atom is 0.168 e. The van der Waals surface area contributed by atoms with Crippen molar-refractivity contribution >= 4 is 6.29 Å². The summed E-state index contributed by atoms with van der Waals surface area (Å²) in [6, 6.07) is 0.330. The molecule has 2 rings (SSSR count). The highest BCUT2D eigenvalue weighted by Gasteiger charge is 2.30. The maximum atomic E-state index is 10.8. The third-order valence-electron chi connectivity index (χ3n) is 2.88. The quantitative estimate of drug-likeness (QED) is 0.696. The molecule has 1 aliphatic heterocycles. The molecule has 2 heterocycles. The summed E-state index contributed by atoms with van der Waals surface area (Å²) in [5.41, 5.74) is 0.547. The van der Waals surface area contributed by atoms with E-state index in [9.17, 15) is 4.79 Å². The van der Waals surface area contributed by atoms with Crippen molar-refractivity contribution < 1.29 is 9.53 Å². The van der Waals surface area contributed by atoms with E-state index in [1.54, 1.807) is 12.5 Å². The van der Waals surface area contributed by atoms with E-state index < -0.39 is 0 Å². The Kier molecular flexibility index (Phi) is 2.61. The van der Waals surface area contributed by atoms with Crippen LogP contribution in [-0.4, -0.2) is 28.0 Å². The molecule has 0 radical (unpaired) electrons. The van der Waals surface area contributed by atoms with Gasteiger partial charge in [-0.15, -0.1) is 0 Å². The fourth-order valence-electron chi connectivity index (χ4n) is 2.15. The molecule has 0 aromatic carbocycles. The normalized spacial score (nSPS) is 25.1. The van der Waals surface area contributed by atoms with Crippen LogP contribution in [0.1, 0.15) is 43.2 Å². The third-order valence-corrected chi connectivity index (χ3v) is 2.88. The summed E-state index contributed by atoms with van der Waals surface area (Å²) in [4.78, 5) is 14.8. The first-order valence-corrected chi connectivity index (χ1v) is 5.23. The van der Waals surface area contributed by atoms with E-state index in [0.29, 0.717) is 11.7 Å². The summed E-state index contributed by atoms with van der Waals surface area (Å²) in [6.45, 7) is 4.90. The van der Waals surface area contributed by atoms with Crippen LogP contribution in [0, 0.1) is 0 Å². The van der Waals surface area contributed by atoms with Gasteiger partial charge < -0.3 is 9.30 Å². The second-order valence-corrected chi connectivity index (χ2v) is 4.60. The van der Waals surface area contributed by atoms with Gasteiger partial charge in [-0.2, -0.15) is 0 Å². The van der Waals surface area contributed by atoms with E-state index in [1.165, 1.54) is 0 Å². The fraction of sp³-hybridized carbons (Fsp3) is 0.636. The number of nitrogens with zero attached hydrogens (tertiary/aromatic N) is 2. The molecule has 0 N–H and O–H groups in total. The van der Waals surface area contributed by atoms with Crippen LogP contribution in [0.15, 0.2) is 12.5 Å². The minimum absolute atomic E-state index is 0.104. The average molecular weight is 208 g/mol. The van der Waals surface area contributed by atoms with Crippen LogP contribution in [0.5, 0.6) is 0 Å². The van der Waals surface area contributed by atoms with Gasteiger partial charge >= 0.3 is 0 Å². The number of carbonyl (C=O) groups is 1. The molecule has 0 saturated carbocycles. The molecule has 1 unspecified atom stereocenters. The molecule has 15 heavy (non-hydrogen) atoms. The van der Waals surface area contributed by atoms with Crippen molar-refractivity contribution in [2.75, 3.05) is 6.61 Å². The molecule has 1 saturated heterocycles. The van der Waals surface area contributed by atoms with Crippen LogP contribution in [0.3, 0.4) is 0 Å². The Bertz CT molecular complexity index is 357. The van der Waals surface area contributed by atoms with Crippen LogP contribution < -0.4 is 0 Å². The van der Waals surface area contributed by atoms with Gasteiger partial charge in [0, 0.05) is 12.6 Å². The van der Waals surface area contributed by atoms with Crippen LogP contribution in [0.2, 0.25) is 0 Å². The van der Waals surface area contributed by atoms with Gasteiger partial charge in [0.2, 0.25) is 0 Å². The molecule has 82 valence electrons. The minimum Gasteiger partial charge on any atom is -0.375 e. The molecular formula is C11H16N2O2. The molecular weight excluding hydrogens is 192 g/mol. The number of hydrogen-bond donors (Lipinski definition) is 0. The Morgan fingerprint density at radius 3 is 3.13 bits per heavy atom. The molecule has 0 aliphatic carbocycles. The number of hydrogen-bond acceptors (Lipinski definition) is 3. The Morgan fingerprint density at radius 2 is 2.47 bits per heavy atom. The second-order valence-electron chi connectivity index (χ2n) is 4.60. The van der Waals surface area contributed by atoms with Crippen molar-refractivity contribution in [3.8, 4) is 0 Å². The lowest BCUT2D eigenvalue weighted by Gasteiger charge is -2.36. The van der Waals surface area contributed by atoms with Crippen LogP contribution in [-0.2, 0) is 4.74 Å². The zero-order chi connectivity index (χ0) is 10.9. The van der Waals surface area contributed by atoms with Gasteiger partial charge in [-0.25, -0.2) is 4.98 Å². The van der Waals surface area contributed by atoms with Gasteiger partial charge in [-0.05, 0) is 26.7 Å². The molecule has 1 aromatic rings. The first-order chi connectivity index (χ1) is 7.12. The maximum absolute atomic E-state index is 10.8. The van der Waals surface area contributed by atoms with Crippen molar-refractivity contribution in [1.29, 1.82) is 0 Å². The summed E-state index contributed by atoms with van der Waals surface area (Å²) < 4.78 is 7.60. The van der Waals surface area contributed by atoms with E-state index in [0.717, 1.165) is 25.7 Å². The monoisotopic (exact) mass is 208 g/mol. The molecule has 0 spiro atoms. The first kappa shape index (κ1) is 10.4. The summed E-state index contributed by atoms with van der Waals surface area (Å²) in [6.07, 6.45) is 6.06. The molecule has 0 bridgehead atoms. The number of aldehydes is 1. The summed E-state index contributed by atoms with van der Waals surface area (Å²) in [5.74, 6) is 0. The molecule has 1 fully saturated rings. The molecule has 1 aliphatic rings. The number of rotatable bonds is 2. The Hall–Kier alpha value is -1.16. The topological polar surface area (TPSA) is 44.1 Å². The van der Waals surface area contributed by atoms with E-state index in [1.807, 2.05) is 4.57 Å². The lowest BCUT2D eigenvalue weighted by molar-refractivity contribution is -0.0692. The first-order valence-electron chi connectivity index (χ1n) is 5.23. The van der Waals surface area contributed by atoms with Crippen molar-refractivity contribution in [2.24, 2.45) is 0 Å². The average Bonchev–Trinajstić information content (AvgIpc) is 2.63. The third kappa shape index (κ3) is 2.09. The van der Waals surface area contributed by atoms with Crippen LogP contribution in [0.4, 0.5) is 0 Å². The van der Waals surface area contributed by atoms with E-state index in [-0.39, 0.29) is 5.60 Å². The standard InChI is InChI=1S/C11H16N2O2/c1-11(2)5-9(3-4-15-11)13-8-12-6-10(13)7-14/h6-9H,3-5H2,1-2H3. The van der Waals surface area contributed by atoms with Gasteiger partial charge in [0.1, 0.15) is 5.69 Å². The lowest BCUT2D eigenvalue weighted by Crippen LogP contribution is -2.35. The molecule has 1 atom stereocenters.